The summed E-state index contributed by atoms with van der Waals surface area (Å²) < 4.78 is 5.67. The number of carbonyl (C=O) groups excluding carboxylic acids is 1. The Morgan fingerprint density at radius 1 is 1.06 bits per heavy atom. The molecular formula is C22H28N4O4S. The molecule has 0 N–H and O–H groups in total. The van der Waals surface area contributed by atoms with Crippen LogP contribution in [0.3, 0.4) is 0 Å². The van der Waals surface area contributed by atoms with Crippen LogP contribution in [-0.4, -0.2) is 43.8 Å². The van der Waals surface area contributed by atoms with Crippen molar-refractivity contribution in [3.8, 4) is 11.5 Å². The van der Waals surface area contributed by atoms with Gasteiger partial charge in [-0.15, -0.1) is 10.2 Å². The first-order valence-corrected chi connectivity index (χ1v) is 12.1. The number of rotatable bonds is 7. The molecular weight excluding hydrogens is 416 g/mol. The Kier molecular flexibility index (Phi) is 7.21. The predicted molar refractivity (Wildman–Crippen MR) is 118 cm³/mol. The van der Waals surface area contributed by atoms with Gasteiger partial charge in [0.2, 0.25) is 11.8 Å². The number of carbonyl (C=O) groups is 1. The monoisotopic (exact) mass is 444 g/mol. The molecule has 0 spiro atoms. The summed E-state index contributed by atoms with van der Waals surface area (Å²) in [5.41, 5.74) is 0.460. The SMILES string of the molecule is O=C(CSc1nnc(-c2cccc([N+](=O)[O-])c2)o1)N(C1CCCCC1)C1CCCCC1. The molecule has 1 aromatic heterocycles. The molecule has 0 radical (unpaired) electrons. The maximum absolute atomic E-state index is 13.3. The zero-order chi connectivity index (χ0) is 21.6. The molecule has 4 rings (SSSR count). The van der Waals surface area contributed by atoms with Crippen molar-refractivity contribution in [3.63, 3.8) is 0 Å². The van der Waals surface area contributed by atoms with Crippen LogP contribution in [0.2, 0.25) is 0 Å². The van der Waals surface area contributed by atoms with Gasteiger partial charge in [0.25, 0.3) is 10.9 Å². The van der Waals surface area contributed by atoms with Gasteiger partial charge in [-0.3, -0.25) is 14.9 Å². The highest BCUT2D eigenvalue weighted by Crippen LogP contribution is 2.32. The van der Waals surface area contributed by atoms with E-state index in [1.54, 1.807) is 12.1 Å². The van der Waals surface area contributed by atoms with Crippen molar-refractivity contribution in [1.82, 2.24) is 15.1 Å². The first-order valence-electron chi connectivity index (χ1n) is 11.1. The number of nitro groups is 1. The van der Waals surface area contributed by atoms with Crippen LogP contribution in [0.25, 0.3) is 11.5 Å². The average molecular weight is 445 g/mol. The maximum Gasteiger partial charge on any atom is 0.277 e. The van der Waals surface area contributed by atoms with Crippen LogP contribution < -0.4 is 0 Å². The highest BCUT2D eigenvalue weighted by Gasteiger charge is 2.32. The minimum Gasteiger partial charge on any atom is -0.411 e. The quantitative estimate of drug-likeness (QED) is 0.327. The molecule has 0 bridgehead atoms. The first kappa shape index (κ1) is 21.8. The summed E-state index contributed by atoms with van der Waals surface area (Å²) in [4.78, 5) is 26.0. The zero-order valence-corrected chi connectivity index (χ0v) is 18.4. The van der Waals surface area contributed by atoms with Crippen molar-refractivity contribution < 1.29 is 14.1 Å². The molecule has 8 nitrogen and oxygen atoms in total. The number of nitrogens with zero attached hydrogens (tertiary/aromatic N) is 4. The van der Waals surface area contributed by atoms with Crippen molar-refractivity contribution in [3.05, 3.63) is 34.4 Å². The van der Waals surface area contributed by atoms with E-state index >= 15 is 0 Å². The molecule has 1 heterocycles. The lowest BCUT2D eigenvalue weighted by atomic mass is 9.88. The van der Waals surface area contributed by atoms with Gasteiger partial charge in [0.1, 0.15) is 0 Å². The first-order chi connectivity index (χ1) is 15.1. The van der Waals surface area contributed by atoms with Crippen LogP contribution in [0.15, 0.2) is 33.9 Å². The number of amides is 1. The minimum absolute atomic E-state index is 0.0318. The molecule has 9 heteroatoms. The lowest BCUT2D eigenvalue weighted by Crippen LogP contribution is -2.49. The molecule has 0 atom stereocenters. The molecule has 0 aliphatic heterocycles. The number of thioether (sulfide) groups is 1. The van der Waals surface area contributed by atoms with Gasteiger partial charge in [0.05, 0.1) is 10.7 Å². The van der Waals surface area contributed by atoms with Crippen LogP contribution in [0.5, 0.6) is 0 Å². The molecule has 2 aromatic rings. The average Bonchev–Trinajstić information content (AvgIpc) is 3.29. The van der Waals surface area contributed by atoms with E-state index < -0.39 is 4.92 Å². The van der Waals surface area contributed by atoms with Crippen LogP contribution >= 0.6 is 11.8 Å². The summed E-state index contributed by atoms with van der Waals surface area (Å²) in [5, 5.41) is 19.3. The zero-order valence-electron chi connectivity index (χ0n) is 17.6. The maximum atomic E-state index is 13.3. The fraction of sp³-hybridized carbons (Fsp3) is 0.591. The van der Waals surface area contributed by atoms with E-state index in [2.05, 4.69) is 15.1 Å². The molecule has 166 valence electrons. The fourth-order valence-corrected chi connectivity index (χ4v) is 5.39. The lowest BCUT2D eigenvalue weighted by Gasteiger charge is -2.41. The molecule has 31 heavy (non-hydrogen) atoms. The molecule has 0 saturated heterocycles. The third-order valence-corrected chi connectivity index (χ3v) is 7.06. The van der Waals surface area contributed by atoms with Crippen molar-refractivity contribution in [2.24, 2.45) is 0 Å². The van der Waals surface area contributed by atoms with Crippen LogP contribution in [-0.2, 0) is 4.79 Å². The Balaban J connectivity index is 1.42. The van der Waals surface area contributed by atoms with E-state index in [1.165, 1.54) is 62.4 Å². The van der Waals surface area contributed by atoms with Gasteiger partial charge in [-0.1, -0.05) is 56.4 Å². The summed E-state index contributed by atoms with van der Waals surface area (Å²) in [6.07, 6.45) is 11.7. The second-order valence-corrected chi connectivity index (χ2v) is 9.28. The van der Waals surface area contributed by atoms with Crippen molar-refractivity contribution in [2.45, 2.75) is 81.5 Å². The summed E-state index contributed by atoms with van der Waals surface area (Å²) in [5.74, 6) is 0.637. The Labute approximate surface area is 185 Å². The minimum atomic E-state index is -0.459. The van der Waals surface area contributed by atoms with E-state index in [9.17, 15) is 14.9 Å². The number of nitro benzene ring substituents is 1. The van der Waals surface area contributed by atoms with E-state index in [4.69, 9.17) is 4.42 Å². The van der Waals surface area contributed by atoms with Gasteiger partial charge in [-0.05, 0) is 31.7 Å². The normalized spacial score (nSPS) is 18.1. The lowest BCUT2D eigenvalue weighted by molar-refractivity contribution is -0.384. The van der Waals surface area contributed by atoms with E-state index in [-0.39, 0.29) is 23.2 Å². The molecule has 1 amide bonds. The number of aromatic nitrogens is 2. The van der Waals surface area contributed by atoms with E-state index in [1.807, 2.05) is 0 Å². The Hall–Kier alpha value is -2.42. The van der Waals surface area contributed by atoms with Crippen molar-refractivity contribution >= 4 is 23.4 Å². The van der Waals surface area contributed by atoms with Crippen molar-refractivity contribution in [1.29, 1.82) is 0 Å². The Morgan fingerprint density at radius 3 is 2.32 bits per heavy atom. The topological polar surface area (TPSA) is 102 Å². The van der Waals surface area contributed by atoms with Gasteiger partial charge < -0.3 is 9.32 Å². The van der Waals surface area contributed by atoms with Gasteiger partial charge in [-0.2, -0.15) is 0 Å². The highest BCUT2D eigenvalue weighted by molar-refractivity contribution is 7.99. The number of hydrogen-bond acceptors (Lipinski definition) is 7. The number of hydrogen-bond donors (Lipinski definition) is 0. The van der Waals surface area contributed by atoms with Crippen LogP contribution in [0, 0.1) is 10.1 Å². The number of non-ortho nitro benzene ring substituents is 1. The molecule has 1 aromatic carbocycles. The standard InChI is InChI=1S/C22H28N4O4S/c27-20(25(17-9-3-1-4-10-17)18-11-5-2-6-12-18)15-31-22-24-23-21(30-22)16-8-7-13-19(14-16)26(28)29/h7-8,13-14,17-18H,1-6,9-12,15H2. The van der Waals surface area contributed by atoms with Crippen LogP contribution in [0.4, 0.5) is 5.69 Å². The Morgan fingerprint density at radius 2 is 1.71 bits per heavy atom. The highest BCUT2D eigenvalue weighted by atomic mass is 32.2. The van der Waals surface area contributed by atoms with Gasteiger partial charge >= 0.3 is 0 Å². The third kappa shape index (κ3) is 5.44. The summed E-state index contributed by atoms with van der Waals surface area (Å²) in [7, 11) is 0. The summed E-state index contributed by atoms with van der Waals surface area (Å²) >= 11 is 1.25. The van der Waals surface area contributed by atoms with Crippen molar-refractivity contribution in [2.75, 3.05) is 5.75 Å². The fourth-order valence-electron chi connectivity index (χ4n) is 4.76. The summed E-state index contributed by atoms with van der Waals surface area (Å²) in [6, 6.07) is 6.80. The predicted octanol–water partition coefficient (Wildman–Crippen LogP) is 5.23. The second kappa shape index (κ2) is 10.3. The van der Waals surface area contributed by atoms with E-state index in [0.717, 1.165) is 25.7 Å². The Bertz CT molecular complexity index is 888. The molecule has 2 aliphatic carbocycles. The van der Waals surface area contributed by atoms with E-state index in [0.29, 0.717) is 22.9 Å². The van der Waals surface area contributed by atoms with Gasteiger partial charge in [-0.25, -0.2) is 0 Å². The second-order valence-electron chi connectivity index (χ2n) is 8.35. The largest absolute Gasteiger partial charge is 0.411 e. The third-order valence-electron chi connectivity index (χ3n) is 6.25. The van der Waals surface area contributed by atoms with Gasteiger partial charge in [0.15, 0.2) is 0 Å². The smallest absolute Gasteiger partial charge is 0.277 e. The van der Waals surface area contributed by atoms with Crippen LogP contribution in [0.1, 0.15) is 64.2 Å². The number of benzene rings is 1. The molecule has 2 fully saturated rings. The molecule has 2 saturated carbocycles. The summed E-state index contributed by atoms with van der Waals surface area (Å²) in [6.45, 7) is 0. The molecule has 2 aliphatic rings. The van der Waals surface area contributed by atoms with Gasteiger partial charge in [0, 0.05) is 29.8 Å². The molecule has 0 unspecified atom stereocenters.